The largest absolute Gasteiger partial charge is 0.348 e. The van der Waals surface area contributed by atoms with E-state index in [0.717, 1.165) is 0 Å². The van der Waals surface area contributed by atoms with E-state index in [2.05, 4.69) is 29.3 Å². The van der Waals surface area contributed by atoms with E-state index in [1.165, 1.54) is 4.52 Å². The third-order valence-electron chi connectivity index (χ3n) is 3.14. The van der Waals surface area contributed by atoms with Crippen molar-refractivity contribution in [3.05, 3.63) is 62.5 Å². The van der Waals surface area contributed by atoms with Gasteiger partial charge in [0.1, 0.15) is 6.54 Å². The summed E-state index contributed by atoms with van der Waals surface area (Å²) in [7, 11) is 2.45. The molecule has 0 radical (unpaired) electrons. The Morgan fingerprint density at radius 2 is 2.17 bits per heavy atom. The first-order valence-electron chi connectivity index (χ1n) is 6.89. The summed E-state index contributed by atoms with van der Waals surface area (Å²) < 4.78 is 1.20. The molecule has 0 fully saturated rings. The maximum Gasteiger partial charge on any atom is 0.348 e. The topological polar surface area (TPSA) is 75.4 Å². The average Bonchev–Trinajstić information content (AvgIpc) is 2.95. The molecule has 3 rings (SSSR count). The highest BCUT2D eigenvalue weighted by molar-refractivity contribution is 7.20. The minimum atomic E-state index is -0.402. The Kier molecular flexibility index (Phi) is 5.09. The fraction of sp³-hybridized carbons (Fsp3) is 0.0667. The van der Waals surface area contributed by atoms with Crippen LogP contribution < -0.4 is 5.69 Å². The first-order chi connectivity index (χ1) is 11.6. The number of fused-ring (bicyclic) bond motifs is 1. The van der Waals surface area contributed by atoms with Gasteiger partial charge in [0, 0.05) is 22.9 Å². The lowest BCUT2D eigenvalue weighted by Crippen LogP contribution is -2.18. The molecule has 122 valence electrons. The lowest BCUT2D eigenvalue weighted by atomic mass is 10.1. The molecule has 1 atom stereocenters. The van der Waals surface area contributed by atoms with Gasteiger partial charge in [-0.3, -0.25) is 4.99 Å². The van der Waals surface area contributed by atoms with E-state index in [1.807, 2.05) is 0 Å². The molecule has 2 aromatic heterocycles. The van der Waals surface area contributed by atoms with Gasteiger partial charge in [0.05, 0.1) is 10.7 Å². The van der Waals surface area contributed by atoms with Crippen molar-refractivity contribution in [2.24, 2.45) is 4.99 Å². The van der Waals surface area contributed by atoms with Gasteiger partial charge in [-0.1, -0.05) is 29.0 Å². The van der Waals surface area contributed by atoms with Crippen LogP contribution in [0.15, 0.2) is 45.9 Å². The molecule has 24 heavy (non-hydrogen) atoms. The minimum Gasteiger partial charge on any atom is -0.305 e. The summed E-state index contributed by atoms with van der Waals surface area (Å²) in [5.74, 6) is 2.24. The highest BCUT2D eigenvalue weighted by Crippen LogP contribution is 2.28. The van der Waals surface area contributed by atoms with Crippen LogP contribution in [0, 0.1) is 0 Å². The van der Waals surface area contributed by atoms with E-state index < -0.39 is 5.69 Å². The normalized spacial score (nSPS) is 12.0. The van der Waals surface area contributed by atoms with Crippen LogP contribution in [0.5, 0.6) is 0 Å². The van der Waals surface area contributed by atoms with Crippen LogP contribution in [-0.2, 0) is 6.54 Å². The number of halogens is 2. The van der Waals surface area contributed by atoms with Gasteiger partial charge >= 0.3 is 5.69 Å². The number of H-pyrrole nitrogens is 1. The Labute approximate surface area is 149 Å². The van der Waals surface area contributed by atoms with Gasteiger partial charge < -0.3 is 4.98 Å². The molecule has 0 amide bonds. The average molecular weight is 380 g/mol. The van der Waals surface area contributed by atoms with Crippen molar-refractivity contribution in [3.8, 4) is 11.3 Å². The molecule has 0 spiro atoms. The van der Waals surface area contributed by atoms with Crippen molar-refractivity contribution in [2.75, 3.05) is 0 Å². The van der Waals surface area contributed by atoms with Crippen molar-refractivity contribution in [3.63, 3.8) is 0 Å². The molecular formula is C15H12Cl2N5OP. The zero-order valence-corrected chi connectivity index (χ0v) is 14.9. The Hall–Kier alpha value is -2.01. The summed E-state index contributed by atoms with van der Waals surface area (Å²) in [4.78, 5) is 23.4. The van der Waals surface area contributed by atoms with Gasteiger partial charge in [-0.15, -0.1) is 14.3 Å². The predicted molar refractivity (Wildman–Crippen MR) is 100 cm³/mol. The van der Waals surface area contributed by atoms with Crippen molar-refractivity contribution in [1.29, 1.82) is 0 Å². The Balaban J connectivity index is 2.02. The van der Waals surface area contributed by atoms with Gasteiger partial charge in [0.25, 0.3) is 0 Å². The minimum absolute atomic E-state index is 0.285. The Morgan fingerprint density at radius 1 is 1.33 bits per heavy atom. The molecule has 0 aliphatic heterocycles. The number of allylic oxidation sites excluding steroid dienone is 1. The second kappa shape index (κ2) is 7.26. The maximum atomic E-state index is 12.2. The zero-order valence-electron chi connectivity index (χ0n) is 12.3. The third-order valence-corrected chi connectivity index (χ3v) is 3.91. The van der Waals surface area contributed by atoms with Crippen molar-refractivity contribution < 1.29 is 0 Å². The molecule has 9 heteroatoms. The monoisotopic (exact) mass is 379 g/mol. The SMILES string of the molecule is O=c1[nH]c(-c2ccc(Cl)cc2Cl)cc2nc(CN=C/C=C\P)nn12. The molecule has 0 aliphatic rings. The smallest absolute Gasteiger partial charge is 0.305 e. The lowest BCUT2D eigenvalue weighted by molar-refractivity contribution is 0.825. The summed E-state index contributed by atoms with van der Waals surface area (Å²) in [6.07, 6.45) is 3.41. The second-order valence-electron chi connectivity index (χ2n) is 4.79. The molecule has 1 aromatic carbocycles. The van der Waals surface area contributed by atoms with Crippen molar-refractivity contribution in [1.82, 2.24) is 19.6 Å². The first kappa shape index (κ1) is 16.8. The first-order valence-corrected chi connectivity index (χ1v) is 8.32. The number of nitrogens with zero attached hydrogens (tertiary/aromatic N) is 4. The number of rotatable bonds is 4. The molecule has 1 unspecified atom stereocenters. The third kappa shape index (κ3) is 3.56. The molecule has 0 saturated heterocycles. The summed E-state index contributed by atoms with van der Waals surface area (Å²) in [5, 5.41) is 5.11. The maximum absolute atomic E-state index is 12.2. The Bertz CT molecular complexity index is 1010. The summed E-state index contributed by atoms with van der Waals surface area (Å²) in [6.45, 7) is 0.285. The van der Waals surface area contributed by atoms with E-state index in [4.69, 9.17) is 23.2 Å². The van der Waals surface area contributed by atoms with Gasteiger partial charge in [0.15, 0.2) is 11.5 Å². The van der Waals surface area contributed by atoms with E-state index in [1.54, 1.807) is 42.4 Å². The van der Waals surface area contributed by atoms with Crippen LogP contribution in [0.3, 0.4) is 0 Å². The quantitative estimate of drug-likeness (QED) is 0.557. The van der Waals surface area contributed by atoms with Crippen molar-refractivity contribution in [2.45, 2.75) is 6.54 Å². The summed E-state index contributed by atoms with van der Waals surface area (Å²) >= 11 is 12.1. The standard InChI is InChI=1S/C15H12Cl2N5OP/c16-9-2-3-10(11(17)6-9)12-7-14-20-13(8-18-4-1-5-24)21-22(14)15(23)19-12/h1-7H,8,24H2,(H,19,23)/b5-1-,18-4?. The summed E-state index contributed by atoms with van der Waals surface area (Å²) in [5.41, 5.74) is 1.23. The molecule has 6 nitrogen and oxygen atoms in total. The molecule has 0 saturated carbocycles. The number of nitrogens with one attached hydrogen (secondary N) is 1. The summed E-state index contributed by atoms with van der Waals surface area (Å²) in [6, 6.07) is 6.77. The number of hydrogen-bond acceptors (Lipinski definition) is 4. The lowest BCUT2D eigenvalue weighted by Gasteiger charge is -2.04. The van der Waals surface area contributed by atoms with Gasteiger partial charge in [-0.05, 0) is 24.3 Å². The van der Waals surface area contributed by atoms with Crippen LogP contribution in [0.1, 0.15) is 5.82 Å². The Morgan fingerprint density at radius 3 is 2.92 bits per heavy atom. The highest BCUT2D eigenvalue weighted by atomic mass is 35.5. The number of aliphatic imine (C=N–C) groups is 1. The number of hydrogen-bond donors (Lipinski definition) is 1. The predicted octanol–water partition coefficient (Wildman–Crippen LogP) is 3.35. The van der Waals surface area contributed by atoms with Gasteiger partial charge in [-0.25, -0.2) is 9.78 Å². The van der Waals surface area contributed by atoms with Crippen LogP contribution in [0.25, 0.3) is 16.9 Å². The van der Waals surface area contributed by atoms with Crippen LogP contribution in [0.2, 0.25) is 10.0 Å². The zero-order chi connectivity index (χ0) is 17.1. The van der Waals surface area contributed by atoms with E-state index >= 15 is 0 Å². The van der Waals surface area contributed by atoms with Crippen LogP contribution in [0.4, 0.5) is 0 Å². The molecule has 3 aromatic rings. The molecular weight excluding hydrogens is 368 g/mol. The molecule has 1 N–H and O–H groups in total. The number of aromatic nitrogens is 4. The van der Waals surface area contributed by atoms with E-state index in [-0.39, 0.29) is 6.54 Å². The van der Waals surface area contributed by atoms with Crippen LogP contribution in [-0.4, -0.2) is 25.8 Å². The highest BCUT2D eigenvalue weighted by Gasteiger charge is 2.11. The molecule has 0 aliphatic carbocycles. The van der Waals surface area contributed by atoms with E-state index in [0.29, 0.717) is 32.8 Å². The van der Waals surface area contributed by atoms with Gasteiger partial charge in [-0.2, -0.15) is 4.52 Å². The fourth-order valence-electron chi connectivity index (χ4n) is 2.11. The fourth-order valence-corrected chi connectivity index (χ4v) is 2.72. The second-order valence-corrected chi connectivity index (χ2v) is 6.01. The van der Waals surface area contributed by atoms with Crippen molar-refractivity contribution >= 4 is 44.3 Å². The molecule has 0 bridgehead atoms. The number of aromatic amines is 1. The molecule has 2 heterocycles. The van der Waals surface area contributed by atoms with Gasteiger partial charge in [0.2, 0.25) is 0 Å². The number of benzene rings is 1. The van der Waals surface area contributed by atoms with Crippen LogP contribution >= 0.6 is 32.4 Å². The van der Waals surface area contributed by atoms with E-state index in [9.17, 15) is 4.79 Å².